The van der Waals surface area contributed by atoms with E-state index in [0.29, 0.717) is 17.1 Å². The number of anilines is 1. The molecule has 3 nitrogen and oxygen atoms in total. The van der Waals surface area contributed by atoms with Crippen molar-refractivity contribution in [1.82, 2.24) is 9.38 Å². The summed E-state index contributed by atoms with van der Waals surface area (Å²) in [4.78, 5) is 4.46. The minimum Gasteiger partial charge on any atom is -0.383 e. The Balaban J connectivity index is 2.35. The summed E-state index contributed by atoms with van der Waals surface area (Å²) in [5, 5.41) is 0. The van der Waals surface area contributed by atoms with Gasteiger partial charge in [-0.05, 0) is 46.6 Å². The van der Waals surface area contributed by atoms with Crippen LogP contribution in [0.3, 0.4) is 0 Å². The molecule has 0 aliphatic rings. The van der Waals surface area contributed by atoms with Crippen LogP contribution in [-0.4, -0.2) is 9.38 Å². The van der Waals surface area contributed by atoms with E-state index in [9.17, 15) is 4.39 Å². The number of hydrogen-bond donors (Lipinski definition) is 1. The van der Waals surface area contributed by atoms with Crippen LogP contribution in [0, 0.1) is 12.7 Å². The molecular weight excluding hydrogens is 309 g/mol. The van der Waals surface area contributed by atoms with E-state index in [-0.39, 0.29) is 5.82 Å². The fourth-order valence-electron chi connectivity index (χ4n) is 2.14. The Morgan fingerprint density at radius 3 is 2.79 bits per heavy atom. The van der Waals surface area contributed by atoms with Crippen molar-refractivity contribution in [2.24, 2.45) is 0 Å². The molecule has 3 aromatic rings. The molecular formula is C14H11BrFN3. The Bertz CT molecular complexity index is 780. The van der Waals surface area contributed by atoms with Gasteiger partial charge in [0, 0.05) is 16.2 Å². The second-order valence-corrected chi connectivity index (χ2v) is 5.28. The maximum Gasteiger partial charge on any atom is 0.142 e. The number of aromatic nitrogens is 2. The van der Waals surface area contributed by atoms with Gasteiger partial charge in [0.05, 0.1) is 0 Å². The number of hydrogen-bond acceptors (Lipinski definition) is 2. The standard InChI is InChI=1S/C14H11BrFN3/c1-8-6-9(15)7-19-13(17)12(18-14(8)19)10-4-2-3-5-11(10)16/h2-7H,17H2,1H3. The predicted octanol–water partition coefficient (Wildman–Crippen LogP) is 3.79. The molecule has 2 heterocycles. The minimum atomic E-state index is -0.325. The molecule has 0 aliphatic carbocycles. The first-order valence-electron chi connectivity index (χ1n) is 5.76. The van der Waals surface area contributed by atoms with Crippen LogP contribution in [0.15, 0.2) is 41.0 Å². The summed E-state index contributed by atoms with van der Waals surface area (Å²) in [6.45, 7) is 1.94. The van der Waals surface area contributed by atoms with Crippen molar-refractivity contribution >= 4 is 27.4 Å². The summed E-state index contributed by atoms with van der Waals surface area (Å²) in [6.07, 6.45) is 1.83. The third-order valence-corrected chi connectivity index (χ3v) is 3.47. The van der Waals surface area contributed by atoms with Crippen molar-refractivity contribution in [1.29, 1.82) is 0 Å². The molecule has 5 heteroatoms. The smallest absolute Gasteiger partial charge is 0.142 e. The quantitative estimate of drug-likeness (QED) is 0.741. The fraction of sp³-hybridized carbons (Fsp3) is 0.0714. The van der Waals surface area contributed by atoms with Crippen molar-refractivity contribution in [3.63, 3.8) is 0 Å². The van der Waals surface area contributed by atoms with E-state index in [4.69, 9.17) is 5.73 Å². The highest BCUT2D eigenvalue weighted by atomic mass is 79.9. The van der Waals surface area contributed by atoms with Gasteiger partial charge in [0.2, 0.25) is 0 Å². The van der Waals surface area contributed by atoms with Gasteiger partial charge >= 0.3 is 0 Å². The number of halogens is 2. The Hall–Kier alpha value is -1.88. The monoisotopic (exact) mass is 319 g/mol. The third-order valence-electron chi connectivity index (χ3n) is 3.04. The summed E-state index contributed by atoms with van der Waals surface area (Å²) in [7, 11) is 0. The van der Waals surface area contributed by atoms with Gasteiger partial charge in [-0.3, -0.25) is 4.40 Å². The van der Waals surface area contributed by atoms with Gasteiger partial charge in [0.25, 0.3) is 0 Å². The number of nitrogen functional groups attached to an aromatic ring is 1. The average Bonchev–Trinajstić information content (AvgIpc) is 2.68. The largest absolute Gasteiger partial charge is 0.383 e. The van der Waals surface area contributed by atoms with Gasteiger partial charge in [-0.2, -0.15) is 0 Å². The summed E-state index contributed by atoms with van der Waals surface area (Å²) in [6, 6.07) is 8.45. The van der Waals surface area contributed by atoms with Crippen molar-refractivity contribution in [2.45, 2.75) is 6.92 Å². The molecule has 2 N–H and O–H groups in total. The number of imidazole rings is 1. The second kappa shape index (κ2) is 4.35. The minimum absolute atomic E-state index is 0.325. The number of nitrogens with two attached hydrogens (primary N) is 1. The van der Waals surface area contributed by atoms with E-state index in [1.807, 2.05) is 19.2 Å². The first kappa shape index (κ1) is 12.2. The molecule has 0 aliphatic heterocycles. The van der Waals surface area contributed by atoms with E-state index in [1.54, 1.807) is 22.6 Å². The van der Waals surface area contributed by atoms with Crippen molar-refractivity contribution < 1.29 is 4.39 Å². The zero-order valence-corrected chi connectivity index (χ0v) is 11.8. The molecule has 0 unspecified atom stereocenters. The van der Waals surface area contributed by atoms with Gasteiger partial charge in [-0.25, -0.2) is 9.37 Å². The van der Waals surface area contributed by atoms with Crippen molar-refractivity contribution in [3.05, 3.63) is 52.4 Å². The van der Waals surface area contributed by atoms with Gasteiger partial charge in [-0.1, -0.05) is 12.1 Å². The highest BCUT2D eigenvalue weighted by Gasteiger charge is 2.15. The van der Waals surface area contributed by atoms with Crippen LogP contribution in [0.25, 0.3) is 16.9 Å². The molecule has 2 aromatic heterocycles. The van der Waals surface area contributed by atoms with Crippen molar-refractivity contribution in [3.8, 4) is 11.3 Å². The number of benzene rings is 1. The lowest BCUT2D eigenvalue weighted by molar-refractivity contribution is 0.631. The molecule has 0 radical (unpaired) electrons. The predicted molar refractivity (Wildman–Crippen MR) is 77.4 cm³/mol. The zero-order chi connectivity index (χ0) is 13.6. The summed E-state index contributed by atoms with van der Waals surface area (Å²) < 4.78 is 16.5. The van der Waals surface area contributed by atoms with Crippen LogP contribution < -0.4 is 5.73 Å². The number of pyridine rings is 1. The zero-order valence-electron chi connectivity index (χ0n) is 10.2. The average molecular weight is 320 g/mol. The van der Waals surface area contributed by atoms with E-state index in [2.05, 4.69) is 20.9 Å². The topological polar surface area (TPSA) is 43.3 Å². The second-order valence-electron chi connectivity index (χ2n) is 4.36. The molecule has 0 saturated carbocycles. The third kappa shape index (κ3) is 1.90. The summed E-state index contributed by atoms with van der Waals surface area (Å²) >= 11 is 3.42. The molecule has 96 valence electrons. The number of fused-ring (bicyclic) bond motifs is 1. The Morgan fingerprint density at radius 1 is 1.32 bits per heavy atom. The van der Waals surface area contributed by atoms with Crippen LogP contribution in [0.5, 0.6) is 0 Å². The molecule has 3 rings (SSSR count). The fourth-order valence-corrected chi connectivity index (χ4v) is 2.69. The van der Waals surface area contributed by atoms with Crippen molar-refractivity contribution in [2.75, 3.05) is 5.73 Å². The van der Waals surface area contributed by atoms with Gasteiger partial charge < -0.3 is 5.73 Å². The van der Waals surface area contributed by atoms with Gasteiger partial charge in [0.15, 0.2) is 0 Å². The van der Waals surface area contributed by atoms with Crippen LogP contribution in [-0.2, 0) is 0 Å². The lowest BCUT2D eigenvalue weighted by Gasteiger charge is -2.01. The summed E-state index contributed by atoms with van der Waals surface area (Å²) in [5.74, 6) is 0.110. The van der Waals surface area contributed by atoms with Crippen LogP contribution in [0.1, 0.15) is 5.56 Å². The molecule has 19 heavy (non-hydrogen) atoms. The lowest BCUT2D eigenvalue weighted by Crippen LogP contribution is -1.95. The molecule has 0 spiro atoms. The Labute approximate surface area is 118 Å². The first-order valence-corrected chi connectivity index (χ1v) is 6.56. The number of aryl methyl sites for hydroxylation is 1. The maximum atomic E-state index is 13.8. The van der Waals surface area contributed by atoms with Crippen LogP contribution in [0.4, 0.5) is 10.2 Å². The van der Waals surface area contributed by atoms with E-state index >= 15 is 0 Å². The van der Waals surface area contributed by atoms with Gasteiger partial charge in [0.1, 0.15) is 23.0 Å². The maximum absolute atomic E-state index is 13.8. The first-order chi connectivity index (χ1) is 9.08. The highest BCUT2D eigenvalue weighted by molar-refractivity contribution is 9.10. The lowest BCUT2D eigenvalue weighted by atomic mass is 10.1. The Morgan fingerprint density at radius 2 is 2.05 bits per heavy atom. The number of nitrogens with zero attached hydrogens (tertiary/aromatic N) is 2. The molecule has 0 bridgehead atoms. The molecule has 0 amide bonds. The van der Waals surface area contributed by atoms with E-state index in [1.165, 1.54) is 6.07 Å². The normalized spacial score (nSPS) is 11.1. The van der Waals surface area contributed by atoms with E-state index in [0.717, 1.165) is 15.7 Å². The van der Waals surface area contributed by atoms with Crippen LogP contribution in [0.2, 0.25) is 0 Å². The molecule has 1 aromatic carbocycles. The van der Waals surface area contributed by atoms with Crippen LogP contribution >= 0.6 is 15.9 Å². The van der Waals surface area contributed by atoms with E-state index < -0.39 is 0 Å². The molecule has 0 fully saturated rings. The highest BCUT2D eigenvalue weighted by Crippen LogP contribution is 2.30. The molecule has 0 saturated heterocycles. The SMILES string of the molecule is Cc1cc(Br)cn2c(N)c(-c3ccccc3F)nc12. The molecule has 0 atom stereocenters. The Kier molecular flexibility index (Phi) is 2.78. The van der Waals surface area contributed by atoms with Gasteiger partial charge in [-0.15, -0.1) is 0 Å². The number of rotatable bonds is 1. The summed E-state index contributed by atoms with van der Waals surface area (Å²) in [5.41, 5.74) is 8.69.